The summed E-state index contributed by atoms with van der Waals surface area (Å²) < 4.78 is 46.9. The summed E-state index contributed by atoms with van der Waals surface area (Å²) in [5, 5.41) is 11.7. The molecular weight excluding hydrogens is 440 g/mol. The number of hydrogen-bond acceptors (Lipinski definition) is 4. The van der Waals surface area contributed by atoms with E-state index in [0.29, 0.717) is 18.0 Å². The van der Waals surface area contributed by atoms with E-state index in [9.17, 15) is 13.2 Å². The van der Waals surface area contributed by atoms with Crippen molar-refractivity contribution in [1.82, 2.24) is 0 Å². The third-order valence-corrected chi connectivity index (χ3v) is 5.76. The Labute approximate surface area is 223 Å². The van der Waals surface area contributed by atoms with Crippen molar-refractivity contribution in [1.29, 1.82) is 0 Å². The summed E-state index contributed by atoms with van der Waals surface area (Å²) in [6.07, 6.45) is -2.49. The van der Waals surface area contributed by atoms with Crippen LogP contribution in [0.3, 0.4) is 0 Å². The van der Waals surface area contributed by atoms with Crippen molar-refractivity contribution >= 4 is 17.6 Å². The van der Waals surface area contributed by atoms with Crippen LogP contribution in [0.2, 0.25) is 0 Å². The number of halogens is 3. The van der Waals surface area contributed by atoms with Gasteiger partial charge in [-0.1, -0.05) is 33.4 Å². The van der Waals surface area contributed by atoms with Gasteiger partial charge in [0.2, 0.25) is 0 Å². The zero-order valence-electron chi connectivity index (χ0n) is 18.0. The molecule has 0 aromatic heterocycles. The first kappa shape index (κ1) is 27.8. The van der Waals surface area contributed by atoms with Gasteiger partial charge < -0.3 is 19.5 Å². The number of fused-ring (bicyclic) bond motifs is 3. The van der Waals surface area contributed by atoms with Gasteiger partial charge in [0.15, 0.2) is 0 Å². The van der Waals surface area contributed by atoms with E-state index in [1.54, 1.807) is 19.2 Å². The fourth-order valence-corrected chi connectivity index (χ4v) is 4.15. The quantitative estimate of drug-likeness (QED) is 0.524. The van der Waals surface area contributed by atoms with Crippen LogP contribution in [-0.4, -0.2) is 32.0 Å². The standard InChI is InChI=1S/C20H22F3N2OS.CH4O.K/c1-4-14(5-2)24-12-25-18-9-6-13(20(21,22)23)10-17(18)16-8-7-15(26-3)11-19(16)27-25;1-2;/h6-11,14H,4-5,12H2,1-3H3;2H,1H3;/q-1;;+1. The first-order valence-electron chi connectivity index (χ1n) is 9.33. The van der Waals surface area contributed by atoms with Crippen molar-refractivity contribution in [3.8, 4) is 16.9 Å². The van der Waals surface area contributed by atoms with Crippen LogP contribution in [0.4, 0.5) is 18.9 Å². The van der Waals surface area contributed by atoms with Crippen LogP contribution in [0.25, 0.3) is 16.4 Å². The summed E-state index contributed by atoms with van der Waals surface area (Å²) in [6, 6.07) is 9.59. The number of benzene rings is 2. The molecule has 0 saturated heterocycles. The second-order valence-corrected chi connectivity index (χ2v) is 7.42. The minimum absolute atomic E-state index is 0. The number of aliphatic hydroxyl groups is 1. The molecule has 0 atom stereocenters. The summed E-state index contributed by atoms with van der Waals surface area (Å²) in [7, 11) is 2.57. The molecule has 0 saturated carbocycles. The second kappa shape index (κ2) is 12.7. The Hall–Kier alpha value is -0.264. The van der Waals surface area contributed by atoms with Crippen LogP contribution < -0.4 is 60.4 Å². The molecule has 160 valence electrons. The molecule has 9 heteroatoms. The monoisotopic (exact) mass is 466 g/mol. The van der Waals surface area contributed by atoms with E-state index in [1.165, 1.54) is 18.0 Å². The number of nitrogens with zero attached hydrogens (tertiary/aromatic N) is 2. The van der Waals surface area contributed by atoms with Gasteiger partial charge in [0.25, 0.3) is 0 Å². The average Bonchev–Trinajstić information content (AvgIpc) is 2.74. The molecule has 0 amide bonds. The Morgan fingerprint density at radius 2 is 1.73 bits per heavy atom. The van der Waals surface area contributed by atoms with Crippen LogP contribution >= 0.6 is 11.9 Å². The minimum atomic E-state index is -4.38. The van der Waals surface area contributed by atoms with Crippen molar-refractivity contribution in [2.24, 2.45) is 0 Å². The molecule has 2 aromatic carbocycles. The van der Waals surface area contributed by atoms with Crippen LogP contribution in [-0.2, 0) is 6.18 Å². The van der Waals surface area contributed by atoms with E-state index in [2.05, 4.69) is 13.8 Å². The molecule has 0 spiro atoms. The Bertz CT molecular complexity index is 817. The van der Waals surface area contributed by atoms with Gasteiger partial charge in [0, 0.05) is 17.6 Å². The normalized spacial score (nSPS) is 12.4. The predicted octanol–water partition coefficient (Wildman–Crippen LogP) is 3.34. The SMILES string of the molecule is CCC(CC)[N-]CN1Sc2cc(OC)ccc2-c2cc(C(F)(F)F)ccc21.CO.[K+]. The molecule has 1 N–H and O–H groups in total. The van der Waals surface area contributed by atoms with Crippen molar-refractivity contribution in [2.75, 3.05) is 25.2 Å². The molecule has 30 heavy (non-hydrogen) atoms. The number of anilines is 1. The summed E-state index contributed by atoms with van der Waals surface area (Å²) in [5.74, 6) is 0.675. The molecule has 0 fully saturated rings. The Morgan fingerprint density at radius 3 is 2.30 bits per heavy atom. The summed E-state index contributed by atoms with van der Waals surface area (Å²) in [6.45, 7) is 4.60. The maximum absolute atomic E-state index is 13.2. The summed E-state index contributed by atoms with van der Waals surface area (Å²) in [5.41, 5.74) is 1.45. The van der Waals surface area contributed by atoms with Crippen molar-refractivity contribution in [3.05, 3.63) is 47.3 Å². The fourth-order valence-electron chi connectivity index (χ4n) is 3.08. The topological polar surface area (TPSA) is 46.8 Å². The van der Waals surface area contributed by atoms with E-state index in [0.717, 1.165) is 42.2 Å². The molecular formula is C21H26F3KN2O2S. The van der Waals surface area contributed by atoms with Gasteiger partial charge in [-0.15, -0.1) is 6.04 Å². The summed E-state index contributed by atoms with van der Waals surface area (Å²) >= 11 is 1.48. The van der Waals surface area contributed by atoms with E-state index >= 15 is 0 Å². The van der Waals surface area contributed by atoms with E-state index in [4.69, 9.17) is 15.2 Å². The van der Waals surface area contributed by atoms with Crippen molar-refractivity contribution < 1.29 is 74.4 Å². The molecule has 0 bridgehead atoms. The molecule has 4 nitrogen and oxygen atoms in total. The van der Waals surface area contributed by atoms with Crippen molar-refractivity contribution in [3.63, 3.8) is 0 Å². The Morgan fingerprint density at radius 1 is 1.07 bits per heavy atom. The van der Waals surface area contributed by atoms with Gasteiger partial charge in [-0.2, -0.15) is 13.2 Å². The number of rotatable bonds is 6. The number of alkyl halides is 3. The van der Waals surface area contributed by atoms with Gasteiger partial charge in [-0.25, -0.2) is 0 Å². The second-order valence-electron chi connectivity index (χ2n) is 6.36. The van der Waals surface area contributed by atoms with E-state index in [-0.39, 0.29) is 57.4 Å². The van der Waals surface area contributed by atoms with E-state index < -0.39 is 11.7 Å². The zero-order valence-corrected chi connectivity index (χ0v) is 21.9. The van der Waals surface area contributed by atoms with Gasteiger partial charge in [0.1, 0.15) is 5.75 Å². The van der Waals surface area contributed by atoms with Crippen LogP contribution in [0, 0.1) is 0 Å². The Balaban J connectivity index is 0.00000146. The Kier molecular flexibility index (Phi) is 11.7. The molecule has 0 aliphatic carbocycles. The predicted molar refractivity (Wildman–Crippen MR) is 113 cm³/mol. The van der Waals surface area contributed by atoms with Crippen molar-refractivity contribution in [2.45, 2.75) is 43.8 Å². The first-order chi connectivity index (χ1) is 13.9. The van der Waals surface area contributed by atoms with Gasteiger partial charge >= 0.3 is 57.6 Å². The fraction of sp³-hybridized carbons (Fsp3) is 0.429. The third kappa shape index (κ3) is 6.62. The maximum Gasteiger partial charge on any atom is 1.00 e. The number of ether oxygens (including phenoxy) is 1. The molecule has 1 aliphatic rings. The number of methoxy groups -OCH3 is 1. The number of hydrogen-bond donors (Lipinski definition) is 1. The first-order valence-corrected chi connectivity index (χ1v) is 10.1. The number of aliphatic hydroxyl groups excluding tert-OH is 1. The zero-order chi connectivity index (χ0) is 21.6. The summed E-state index contributed by atoms with van der Waals surface area (Å²) in [4.78, 5) is 0.862. The van der Waals surface area contributed by atoms with Gasteiger partial charge in [-0.05, 0) is 53.9 Å². The van der Waals surface area contributed by atoms with Crippen LogP contribution in [0.15, 0.2) is 41.3 Å². The third-order valence-electron chi connectivity index (χ3n) is 4.69. The van der Waals surface area contributed by atoms with Crippen LogP contribution in [0.1, 0.15) is 32.3 Å². The minimum Gasteiger partial charge on any atom is -0.641 e. The molecule has 1 heterocycles. The molecule has 1 aliphatic heterocycles. The maximum atomic E-state index is 13.2. The molecule has 2 aromatic rings. The molecule has 0 radical (unpaired) electrons. The largest absolute Gasteiger partial charge is 1.00 e. The molecule has 0 unspecified atom stereocenters. The van der Waals surface area contributed by atoms with E-state index in [1.807, 2.05) is 16.4 Å². The molecule has 3 rings (SSSR count). The van der Waals surface area contributed by atoms with Gasteiger partial charge in [0.05, 0.1) is 18.4 Å². The smallest absolute Gasteiger partial charge is 0.641 e. The van der Waals surface area contributed by atoms with Crippen LogP contribution in [0.5, 0.6) is 5.75 Å². The average molecular weight is 467 g/mol. The van der Waals surface area contributed by atoms with Gasteiger partial charge in [-0.3, -0.25) is 0 Å².